The van der Waals surface area contributed by atoms with Crippen LogP contribution in [0.15, 0.2) is 24.5 Å². The van der Waals surface area contributed by atoms with Gasteiger partial charge in [0.1, 0.15) is 17.1 Å². The Hall–Kier alpha value is -2.50. The molecule has 0 aliphatic heterocycles. The maximum atomic E-state index is 12.8. The van der Waals surface area contributed by atoms with E-state index in [1.54, 1.807) is 6.92 Å². The summed E-state index contributed by atoms with van der Waals surface area (Å²) in [6, 6.07) is 2.58. The molecule has 2 aromatic heterocycles. The first-order valence-electron chi connectivity index (χ1n) is 5.11. The molecule has 0 fully saturated rings. The number of aryl methyl sites for hydroxylation is 1. The van der Waals surface area contributed by atoms with E-state index in [1.165, 1.54) is 18.3 Å². The fourth-order valence-electron chi connectivity index (χ4n) is 1.61. The first-order chi connectivity index (χ1) is 8.50. The van der Waals surface area contributed by atoms with Crippen LogP contribution in [0.5, 0.6) is 5.75 Å². The lowest BCUT2D eigenvalue weighted by molar-refractivity contribution is 0.0997. The molecule has 1 amide bonds. The van der Waals surface area contributed by atoms with Gasteiger partial charge in [-0.05, 0) is 19.1 Å². The van der Waals surface area contributed by atoms with Gasteiger partial charge in [0.05, 0.1) is 23.1 Å². The average molecular weight is 247 g/mol. The molecule has 18 heavy (non-hydrogen) atoms. The van der Waals surface area contributed by atoms with Crippen LogP contribution >= 0.6 is 0 Å². The zero-order valence-corrected chi connectivity index (χ0v) is 9.51. The number of carbonyl (C=O) groups is 1. The molecule has 0 saturated heterocycles. The van der Waals surface area contributed by atoms with Gasteiger partial charge in [0, 0.05) is 6.20 Å². The first kappa shape index (κ1) is 12.0. The standard InChI is InChI=1S/C12H10FN3O2/c1-6-10(12(14)18)11(17)8(5-15-6)9-3-2-7(13)4-16-9/h2-5H,1H3,(H2,14,18)(H,15,17). The molecule has 92 valence electrons. The van der Waals surface area contributed by atoms with Crippen molar-refractivity contribution in [3.63, 3.8) is 0 Å². The maximum Gasteiger partial charge on any atom is 0.254 e. The van der Waals surface area contributed by atoms with E-state index >= 15 is 0 Å². The molecule has 0 saturated carbocycles. The van der Waals surface area contributed by atoms with E-state index in [9.17, 15) is 14.3 Å². The number of hydrogen-bond donors (Lipinski definition) is 2. The molecule has 0 bridgehead atoms. The molecule has 0 aliphatic carbocycles. The van der Waals surface area contributed by atoms with Crippen LogP contribution in [-0.4, -0.2) is 21.0 Å². The highest BCUT2D eigenvalue weighted by Gasteiger charge is 2.17. The van der Waals surface area contributed by atoms with Crippen LogP contribution in [0.3, 0.4) is 0 Å². The van der Waals surface area contributed by atoms with Crippen molar-refractivity contribution in [1.82, 2.24) is 9.97 Å². The summed E-state index contributed by atoms with van der Waals surface area (Å²) in [6.07, 6.45) is 2.37. The topological polar surface area (TPSA) is 89.1 Å². The van der Waals surface area contributed by atoms with Crippen LogP contribution in [0, 0.1) is 12.7 Å². The van der Waals surface area contributed by atoms with Crippen molar-refractivity contribution in [2.24, 2.45) is 5.73 Å². The number of aromatic nitrogens is 2. The van der Waals surface area contributed by atoms with Crippen molar-refractivity contribution in [3.05, 3.63) is 41.6 Å². The lowest BCUT2D eigenvalue weighted by atomic mass is 10.1. The molecule has 2 rings (SSSR count). The smallest absolute Gasteiger partial charge is 0.254 e. The van der Waals surface area contributed by atoms with Crippen LogP contribution in [0.4, 0.5) is 4.39 Å². The third-order valence-corrected chi connectivity index (χ3v) is 2.49. The maximum absolute atomic E-state index is 12.8. The molecule has 0 unspecified atom stereocenters. The number of nitrogens with two attached hydrogens (primary N) is 1. The predicted molar refractivity (Wildman–Crippen MR) is 62.3 cm³/mol. The molecule has 2 aromatic rings. The summed E-state index contributed by atoms with van der Waals surface area (Å²) in [5.74, 6) is -1.57. The lowest BCUT2D eigenvalue weighted by Crippen LogP contribution is -2.14. The summed E-state index contributed by atoms with van der Waals surface area (Å²) in [7, 11) is 0. The quantitative estimate of drug-likeness (QED) is 0.839. The highest BCUT2D eigenvalue weighted by Crippen LogP contribution is 2.31. The number of rotatable bonds is 2. The molecule has 2 heterocycles. The normalized spacial score (nSPS) is 10.3. The summed E-state index contributed by atoms with van der Waals surface area (Å²) in [5, 5.41) is 9.99. The highest BCUT2D eigenvalue weighted by atomic mass is 19.1. The lowest BCUT2D eigenvalue weighted by Gasteiger charge is -2.08. The molecule has 6 heteroatoms. The van der Waals surface area contributed by atoms with Gasteiger partial charge in [-0.1, -0.05) is 0 Å². The molecule has 0 aromatic carbocycles. The Morgan fingerprint density at radius 1 is 1.33 bits per heavy atom. The predicted octanol–water partition coefficient (Wildman–Crippen LogP) is 1.40. The van der Waals surface area contributed by atoms with E-state index in [0.29, 0.717) is 11.4 Å². The Bertz CT molecular complexity index is 611. The second kappa shape index (κ2) is 4.40. The van der Waals surface area contributed by atoms with Gasteiger partial charge in [-0.25, -0.2) is 4.39 Å². The third kappa shape index (κ3) is 2.00. The van der Waals surface area contributed by atoms with E-state index < -0.39 is 11.7 Å². The second-order valence-corrected chi connectivity index (χ2v) is 3.71. The number of primary amides is 1. The monoisotopic (exact) mass is 247 g/mol. The van der Waals surface area contributed by atoms with Crippen molar-refractivity contribution in [1.29, 1.82) is 0 Å². The van der Waals surface area contributed by atoms with Crippen molar-refractivity contribution in [2.75, 3.05) is 0 Å². The van der Waals surface area contributed by atoms with E-state index in [4.69, 9.17) is 5.73 Å². The van der Waals surface area contributed by atoms with Crippen molar-refractivity contribution < 1.29 is 14.3 Å². The van der Waals surface area contributed by atoms with Gasteiger partial charge in [0.2, 0.25) is 0 Å². The SMILES string of the molecule is Cc1ncc(-c2ccc(F)cn2)c(O)c1C(N)=O. The van der Waals surface area contributed by atoms with E-state index in [-0.39, 0.29) is 16.9 Å². The van der Waals surface area contributed by atoms with Gasteiger partial charge in [-0.3, -0.25) is 14.8 Å². The van der Waals surface area contributed by atoms with Gasteiger partial charge in [0.25, 0.3) is 5.91 Å². The van der Waals surface area contributed by atoms with Crippen LogP contribution in [0.1, 0.15) is 16.1 Å². The summed E-state index contributed by atoms with van der Waals surface area (Å²) in [6.45, 7) is 1.56. The molecule has 0 spiro atoms. The largest absolute Gasteiger partial charge is 0.506 e. The Labute approximate surface area is 102 Å². The van der Waals surface area contributed by atoms with Gasteiger partial charge in [-0.15, -0.1) is 0 Å². The zero-order valence-electron chi connectivity index (χ0n) is 9.51. The van der Waals surface area contributed by atoms with Crippen LogP contribution in [-0.2, 0) is 0 Å². The summed E-state index contributed by atoms with van der Waals surface area (Å²) in [4.78, 5) is 19.0. The van der Waals surface area contributed by atoms with Gasteiger partial charge in [-0.2, -0.15) is 0 Å². The van der Waals surface area contributed by atoms with Gasteiger partial charge in [0.15, 0.2) is 0 Å². The van der Waals surface area contributed by atoms with Gasteiger partial charge < -0.3 is 10.8 Å². The molecular formula is C12H10FN3O2. The minimum Gasteiger partial charge on any atom is -0.506 e. The Balaban J connectivity index is 2.62. The van der Waals surface area contributed by atoms with Crippen LogP contribution in [0.25, 0.3) is 11.3 Å². The van der Waals surface area contributed by atoms with E-state index in [1.807, 2.05) is 0 Å². The number of pyridine rings is 2. The molecule has 0 atom stereocenters. The van der Waals surface area contributed by atoms with E-state index in [0.717, 1.165) is 6.20 Å². The summed E-state index contributed by atoms with van der Waals surface area (Å²) >= 11 is 0. The highest BCUT2D eigenvalue weighted by molar-refractivity contribution is 5.98. The zero-order chi connectivity index (χ0) is 13.3. The molecule has 0 radical (unpaired) electrons. The second-order valence-electron chi connectivity index (χ2n) is 3.71. The van der Waals surface area contributed by atoms with Gasteiger partial charge >= 0.3 is 0 Å². The Morgan fingerprint density at radius 2 is 2.06 bits per heavy atom. The number of amides is 1. The summed E-state index contributed by atoms with van der Waals surface area (Å²) < 4.78 is 12.8. The van der Waals surface area contributed by atoms with Crippen LogP contribution in [0.2, 0.25) is 0 Å². The number of halogens is 1. The van der Waals surface area contributed by atoms with Crippen molar-refractivity contribution in [2.45, 2.75) is 6.92 Å². The first-order valence-corrected chi connectivity index (χ1v) is 5.11. The fourth-order valence-corrected chi connectivity index (χ4v) is 1.61. The molecule has 3 N–H and O–H groups in total. The number of nitrogens with zero attached hydrogens (tertiary/aromatic N) is 2. The van der Waals surface area contributed by atoms with Crippen molar-refractivity contribution in [3.8, 4) is 17.0 Å². The fraction of sp³-hybridized carbons (Fsp3) is 0.0833. The molecule has 0 aliphatic rings. The number of aromatic hydroxyl groups is 1. The minimum atomic E-state index is -0.776. The third-order valence-electron chi connectivity index (χ3n) is 2.49. The summed E-state index contributed by atoms with van der Waals surface area (Å²) in [5.41, 5.74) is 5.98. The average Bonchev–Trinajstić information content (AvgIpc) is 2.30. The van der Waals surface area contributed by atoms with Crippen LogP contribution < -0.4 is 5.73 Å². The Morgan fingerprint density at radius 3 is 2.61 bits per heavy atom. The number of hydrogen-bond acceptors (Lipinski definition) is 4. The minimum absolute atomic E-state index is 0.0568. The number of carbonyl (C=O) groups excluding carboxylic acids is 1. The molecule has 5 nitrogen and oxygen atoms in total. The van der Waals surface area contributed by atoms with Crippen molar-refractivity contribution >= 4 is 5.91 Å². The van der Waals surface area contributed by atoms with E-state index in [2.05, 4.69) is 9.97 Å². The molecular weight excluding hydrogens is 237 g/mol. The Kier molecular flexibility index (Phi) is 2.93.